The van der Waals surface area contributed by atoms with Crippen LogP contribution in [0, 0.1) is 0 Å². The normalized spacial score (nSPS) is 20.4. The Bertz CT molecular complexity index is 1030. The third kappa shape index (κ3) is 4.29. The minimum Gasteiger partial charge on any atom is -0.465 e. The molecule has 0 radical (unpaired) electrons. The van der Waals surface area contributed by atoms with Crippen molar-refractivity contribution in [3.63, 3.8) is 0 Å². The molecule has 168 valence electrons. The first-order chi connectivity index (χ1) is 15.3. The third-order valence-corrected chi connectivity index (χ3v) is 5.92. The summed E-state index contributed by atoms with van der Waals surface area (Å²) in [4.78, 5) is 44.1. The maximum atomic E-state index is 12.6. The lowest BCUT2D eigenvalue weighted by molar-refractivity contribution is -0.117. The van der Waals surface area contributed by atoms with Gasteiger partial charge in [0.05, 0.1) is 30.5 Å². The molecule has 0 bridgehead atoms. The van der Waals surface area contributed by atoms with Gasteiger partial charge in [-0.25, -0.2) is 4.79 Å². The summed E-state index contributed by atoms with van der Waals surface area (Å²) < 4.78 is 5.29. The van der Waals surface area contributed by atoms with Crippen molar-refractivity contribution in [2.24, 2.45) is 0 Å². The predicted molar refractivity (Wildman–Crippen MR) is 118 cm³/mol. The van der Waals surface area contributed by atoms with E-state index in [4.69, 9.17) is 4.74 Å². The number of pyridine rings is 1. The van der Waals surface area contributed by atoms with Crippen molar-refractivity contribution in [1.29, 1.82) is 0 Å². The number of hydrogen-bond donors (Lipinski definition) is 2. The van der Waals surface area contributed by atoms with E-state index in [2.05, 4.69) is 10.3 Å². The Morgan fingerprint density at radius 1 is 1.16 bits per heavy atom. The number of nitrogens with zero attached hydrogens (tertiary/aromatic N) is 3. The standard InChI is InChI=1S/C23H26N4O5/c1-14-11-20(25-23(30)31)18-12-16(4-6-21(18)27(14)15(2)28)19-5-3-17(13-24-19)22(29)26-7-9-32-10-8-26/h3-6,12-14,20,25H,7-11H2,1-2H3,(H,30,31)/t14-,20+/m0/s1. The van der Waals surface area contributed by atoms with Crippen LogP contribution in [0.1, 0.15) is 42.2 Å². The molecule has 9 nitrogen and oxygen atoms in total. The molecule has 1 fully saturated rings. The zero-order valence-electron chi connectivity index (χ0n) is 18.1. The molecular weight excluding hydrogens is 412 g/mol. The number of amides is 3. The predicted octanol–water partition coefficient (Wildman–Crippen LogP) is 2.67. The van der Waals surface area contributed by atoms with Gasteiger partial charge in [0.2, 0.25) is 5.91 Å². The number of benzene rings is 1. The number of rotatable bonds is 3. The molecule has 2 aliphatic heterocycles. The Labute approximate surface area is 186 Å². The molecule has 3 heterocycles. The third-order valence-electron chi connectivity index (χ3n) is 5.92. The molecule has 0 spiro atoms. The summed E-state index contributed by atoms with van der Waals surface area (Å²) in [5.74, 6) is -0.168. The van der Waals surface area contributed by atoms with Gasteiger partial charge in [-0.2, -0.15) is 0 Å². The van der Waals surface area contributed by atoms with Gasteiger partial charge in [0.15, 0.2) is 0 Å². The maximum Gasteiger partial charge on any atom is 0.405 e. The molecule has 9 heteroatoms. The SMILES string of the molecule is CC(=O)N1c2ccc(-c3ccc(C(=O)N4CCOCC4)cn3)cc2[C@H](NC(=O)O)C[C@@H]1C. The molecule has 32 heavy (non-hydrogen) atoms. The smallest absolute Gasteiger partial charge is 0.405 e. The van der Waals surface area contributed by atoms with Crippen molar-refractivity contribution in [3.8, 4) is 11.3 Å². The number of nitrogens with one attached hydrogen (secondary N) is 1. The highest BCUT2D eigenvalue weighted by atomic mass is 16.5. The van der Waals surface area contributed by atoms with Gasteiger partial charge in [-0.3, -0.25) is 14.6 Å². The largest absolute Gasteiger partial charge is 0.465 e. The highest BCUT2D eigenvalue weighted by Crippen LogP contribution is 2.39. The van der Waals surface area contributed by atoms with Crippen molar-refractivity contribution < 1.29 is 24.2 Å². The van der Waals surface area contributed by atoms with Crippen LogP contribution in [-0.4, -0.2) is 65.2 Å². The van der Waals surface area contributed by atoms with Crippen molar-refractivity contribution in [2.45, 2.75) is 32.4 Å². The highest BCUT2D eigenvalue weighted by molar-refractivity contribution is 5.95. The van der Waals surface area contributed by atoms with Crippen LogP contribution in [0.4, 0.5) is 10.5 Å². The summed E-state index contributed by atoms with van der Waals surface area (Å²) in [5.41, 5.74) is 3.37. The van der Waals surface area contributed by atoms with E-state index in [-0.39, 0.29) is 17.9 Å². The van der Waals surface area contributed by atoms with Gasteiger partial charge in [0.1, 0.15) is 0 Å². The van der Waals surface area contributed by atoms with Gasteiger partial charge in [0, 0.05) is 43.5 Å². The maximum absolute atomic E-state index is 12.6. The monoisotopic (exact) mass is 438 g/mol. The topological polar surface area (TPSA) is 112 Å². The first-order valence-corrected chi connectivity index (χ1v) is 10.6. The summed E-state index contributed by atoms with van der Waals surface area (Å²) in [6.07, 6.45) is 0.922. The minimum absolute atomic E-state index is 0.0744. The summed E-state index contributed by atoms with van der Waals surface area (Å²) in [6.45, 7) is 5.61. The molecule has 2 aromatic rings. The molecule has 0 saturated carbocycles. The van der Waals surface area contributed by atoms with Gasteiger partial charge in [-0.15, -0.1) is 0 Å². The molecule has 1 saturated heterocycles. The summed E-state index contributed by atoms with van der Waals surface area (Å²) in [7, 11) is 0. The Balaban J connectivity index is 1.64. The quantitative estimate of drug-likeness (QED) is 0.762. The lowest BCUT2D eigenvalue weighted by atomic mass is 9.89. The number of aromatic nitrogens is 1. The second-order valence-corrected chi connectivity index (χ2v) is 8.09. The molecule has 2 atom stereocenters. The van der Waals surface area contributed by atoms with Gasteiger partial charge in [-0.05, 0) is 43.2 Å². The molecule has 2 N–H and O–H groups in total. The Kier molecular flexibility index (Phi) is 6.09. The molecular formula is C23H26N4O5. The lowest BCUT2D eigenvalue weighted by Gasteiger charge is -2.39. The van der Waals surface area contributed by atoms with Crippen LogP contribution in [0.5, 0.6) is 0 Å². The van der Waals surface area contributed by atoms with E-state index in [1.54, 1.807) is 28.1 Å². The van der Waals surface area contributed by atoms with E-state index < -0.39 is 12.1 Å². The number of carboxylic acid groups (broad SMARTS) is 1. The molecule has 2 aliphatic rings. The van der Waals surface area contributed by atoms with Gasteiger partial charge in [-0.1, -0.05) is 6.07 Å². The summed E-state index contributed by atoms with van der Waals surface area (Å²) >= 11 is 0. The number of ether oxygens (including phenoxy) is 1. The first kappa shape index (κ1) is 21.8. The molecule has 1 aromatic heterocycles. The highest BCUT2D eigenvalue weighted by Gasteiger charge is 2.33. The minimum atomic E-state index is -1.11. The van der Waals surface area contributed by atoms with E-state index >= 15 is 0 Å². The fourth-order valence-electron chi connectivity index (χ4n) is 4.43. The van der Waals surface area contributed by atoms with Crippen molar-refractivity contribution in [2.75, 3.05) is 31.2 Å². The average Bonchev–Trinajstić information content (AvgIpc) is 2.78. The molecule has 3 amide bonds. The van der Waals surface area contributed by atoms with Crippen LogP contribution in [0.15, 0.2) is 36.5 Å². The second kappa shape index (κ2) is 8.96. The number of morpholine rings is 1. The number of anilines is 1. The summed E-state index contributed by atoms with van der Waals surface area (Å²) in [5, 5.41) is 11.8. The molecule has 1 aromatic carbocycles. The number of hydrogen-bond acceptors (Lipinski definition) is 5. The molecule has 0 aliphatic carbocycles. The molecule has 0 unspecified atom stereocenters. The van der Waals surface area contributed by atoms with E-state index in [0.29, 0.717) is 49.7 Å². The van der Waals surface area contributed by atoms with Gasteiger partial charge >= 0.3 is 6.09 Å². The number of carbonyl (C=O) groups is 3. The first-order valence-electron chi connectivity index (χ1n) is 10.6. The Morgan fingerprint density at radius 3 is 2.53 bits per heavy atom. The van der Waals surface area contributed by atoms with E-state index in [1.807, 2.05) is 25.1 Å². The van der Waals surface area contributed by atoms with Crippen LogP contribution >= 0.6 is 0 Å². The van der Waals surface area contributed by atoms with Crippen LogP contribution < -0.4 is 10.2 Å². The molecule has 4 rings (SSSR count). The van der Waals surface area contributed by atoms with Crippen LogP contribution in [0.2, 0.25) is 0 Å². The van der Waals surface area contributed by atoms with Crippen molar-refractivity contribution in [3.05, 3.63) is 47.7 Å². The average molecular weight is 438 g/mol. The van der Waals surface area contributed by atoms with E-state index in [9.17, 15) is 19.5 Å². The zero-order valence-corrected chi connectivity index (χ0v) is 18.1. The lowest BCUT2D eigenvalue weighted by Crippen LogP contribution is -2.45. The van der Waals surface area contributed by atoms with E-state index in [0.717, 1.165) is 11.1 Å². The fourth-order valence-corrected chi connectivity index (χ4v) is 4.43. The number of carbonyl (C=O) groups excluding carboxylic acids is 2. The van der Waals surface area contributed by atoms with Gasteiger partial charge < -0.3 is 25.0 Å². The van der Waals surface area contributed by atoms with Crippen LogP contribution in [-0.2, 0) is 9.53 Å². The van der Waals surface area contributed by atoms with E-state index in [1.165, 1.54) is 6.92 Å². The Morgan fingerprint density at radius 2 is 1.91 bits per heavy atom. The Hall–Kier alpha value is -3.46. The number of fused-ring (bicyclic) bond motifs is 1. The van der Waals surface area contributed by atoms with Crippen LogP contribution in [0.3, 0.4) is 0 Å². The summed E-state index contributed by atoms with van der Waals surface area (Å²) in [6, 6.07) is 8.51. The van der Waals surface area contributed by atoms with Crippen molar-refractivity contribution >= 4 is 23.6 Å². The zero-order chi connectivity index (χ0) is 22.8. The van der Waals surface area contributed by atoms with Crippen molar-refractivity contribution in [1.82, 2.24) is 15.2 Å². The second-order valence-electron chi connectivity index (χ2n) is 8.09. The van der Waals surface area contributed by atoms with Crippen LogP contribution in [0.25, 0.3) is 11.3 Å². The fraction of sp³-hybridized carbons (Fsp3) is 0.391. The van der Waals surface area contributed by atoms with Gasteiger partial charge in [0.25, 0.3) is 5.91 Å².